The molecular formula is C23H26Cl2FO4P. The summed E-state index contributed by atoms with van der Waals surface area (Å²) in [6.45, 7) is 7.42. The Labute approximate surface area is 193 Å². The second-order valence-electron chi connectivity index (χ2n) is 6.04. The number of aromatic hydroxyl groups is 1. The van der Waals surface area contributed by atoms with Crippen molar-refractivity contribution in [1.82, 2.24) is 0 Å². The Morgan fingerprint density at radius 3 is 2.39 bits per heavy atom. The quantitative estimate of drug-likeness (QED) is 0.249. The zero-order chi connectivity index (χ0) is 23.4. The first-order valence-electron chi connectivity index (χ1n) is 9.58. The zero-order valence-corrected chi connectivity index (χ0v) is 19.8. The lowest BCUT2D eigenvalue weighted by Crippen LogP contribution is -1.92. The summed E-state index contributed by atoms with van der Waals surface area (Å²) < 4.78 is 19.0. The van der Waals surface area contributed by atoms with Gasteiger partial charge in [0.05, 0.1) is 10.0 Å². The van der Waals surface area contributed by atoms with E-state index in [1.165, 1.54) is 24.3 Å². The Bertz CT molecular complexity index is 907. The lowest BCUT2D eigenvalue weighted by molar-refractivity contribution is 0.458. The molecule has 2 rings (SSSR count). The van der Waals surface area contributed by atoms with Crippen molar-refractivity contribution in [1.29, 1.82) is 0 Å². The molecule has 0 aromatic heterocycles. The van der Waals surface area contributed by atoms with Crippen LogP contribution in [0.25, 0.3) is 0 Å². The Hall–Kier alpha value is -1.88. The number of halogens is 3. The van der Waals surface area contributed by atoms with Gasteiger partial charge in [-0.3, -0.25) is 0 Å². The van der Waals surface area contributed by atoms with E-state index < -0.39 is 14.2 Å². The Morgan fingerprint density at radius 1 is 1.16 bits per heavy atom. The third-order valence-electron chi connectivity index (χ3n) is 3.79. The van der Waals surface area contributed by atoms with E-state index in [2.05, 4.69) is 6.58 Å². The highest BCUT2D eigenvalue weighted by atomic mass is 35.5. The number of hydrogen-bond acceptors (Lipinski definition) is 4. The maximum atomic E-state index is 13.3. The molecule has 31 heavy (non-hydrogen) atoms. The molecule has 0 bridgehead atoms. The minimum Gasteiger partial charge on any atom is -0.508 e. The largest absolute Gasteiger partial charge is 0.508 e. The molecule has 0 spiro atoms. The summed E-state index contributed by atoms with van der Waals surface area (Å²) >= 11 is 12.4. The molecule has 0 fully saturated rings. The molecule has 0 unspecified atom stereocenters. The Balaban J connectivity index is 0.00000233. The van der Waals surface area contributed by atoms with Crippen molar-refractivity contribution in [3.05, 3.63) is 88.2 Å². The molecule has 0 aliphatic carbocycles. The maximum absolute atomic E-state index is 13.3. The lowest BCUT2D eigenvalue weighted by Gasteiger charge is -2.13. The number of ether oxygens (including phenoxy) is 1. The van der Waals surface area contributed by atoms with Gasteiger partial charge in [0.1, 0.15) is 17.3 Å². The first-order valence-corrected chi connectivity index (χ1v) is 11.8. The monoisotopic (exact) mass is 486 g/mol. The fourth-order valence-corrected chi connectivity index (χ4v) is 3.63. The van der Waals surface area contributed by atoms with E-state index in [-0.39, 0.29) is 27.7 Å². The maximum Gasteiger partial charge on any atom is 0.169 e. The van der Waals surface area contributed by atoms with Gasteiger partial charge in [-0.05, 0) is 66.5 Å². The van der Waals surface area contributed by atoms with Crippen LogP contribution in [-0.2, 0) is 12.6 Å². The zero-order valence-electron chi connectivity index (χ0n) is 17.4. The molecule has 0 radical (unpaired) electrons. The predicted molar refractivity (Wildman–Crippen MR) is 128 cm³/mol. The van der Waals surface area contributed by atoms with E-state index in [1.807, 2.05) is 13.8 Å². The number of aryl methyl sites for hydroxylation is 1. The smallest absolute Gasteiger partial charge is 0.169 e. The molecule has 0 saturated carbocycles. The van der Waals surface area contributed by atoms with Gasteiger partial charge in [0.25, 0.3) is 0 Å². The highest BCUT2D eigenvalue weighted by molar-refractivity contribution is 7.44. The molecule has 3 N–H and O–H groups in total. The number of phenols is 1. The van der Waals surface area contributed by atoms with Gasteiger partial charge in [0.15, 0.2) is 14.1 Å². The fourth-order valence-electron chi connectivity index (χ4n) is 2.51. The number of phenolic OH excluding ortho intramolecular Hbond substituents is 1. The highest BCUT2D eigenvalue weighted by Gasteiger charge is 2.14. The SMILES string of the molecule is C=C/C=C(F)\C=C/CCc1cc(Oc2c(Cl)cc(CP(O)O)cc2Cl)ccc1O.CC. The fraction of sp³-hybridized carbons (Fsp3) is 0.217. The van der Waals surface area contributed by atoms with Crippen molar-refractivity contribution < 1.29 is 24.0 Å². The summed E-state index contributed by atoms with van der Waals surface area (Å²) in [6, 6.07) is 7.83. The number of hydrogen-bond donors (Lipinski definition) is 3. The van der Waals surface area contributed by atoms with E-state index in [0.29, 0.717) is 29.7 Å². The molecule has 0 aliphatic rings. The molecular weight excluding hydrogens is 461 g/mol. The van der Waals surface area contributed by atoms with Gasteiger partial charge < -0.3 is 19.6 Å². The van der Waals surface area contributed by atoms with Gasteiger partial charge in [0, 0.05) is 6.16 Å². The van der Waals surface area contributed by atoms with Crippen LogP contribution in [-0.4, -0.2) is 14.9 Å². The van der Waals surface area contributed by atoms with Crippen LogP contribution in [0, 0.1) is 0 Å². The molecule has 0 saturated heterocycles. The first kappa shape index (κ1) is 27.2. The normalized spacial score (nSPS) is 11.4. The van der Waals surface area contributed by atoms with Crippen LogP contribution in [0.5, 0.6) is 17.2 Å². The van der Waals surface area contributed by atoms with Gasteiger partial charge >= 0.3 is 0 Å². The summed E-state index contributed by atoms with van der Waals surface area (Å²) in [5.74, 6) is 0.344. The van der Waals surface area contributed by atoms with Gasteiger partial charge in [-0.1, -0.05) is 55.8 Å². The lowest BCUT2D eigenvalue weighted by atomic mass is 10.1. The van der Waals surface area contributed by atoms with Crippen molar-refractivity contribution in [2.24, 2.45) is 0 Å². The van der Waals surface area contributed by atoms with E-state index in [1.54, 1.807) is 30.3 Å². The van der Waals surface area contributed by atoms with Crippen LogP contribution >= 0.6 is 31.6 Å². The molecule has 4 nitrogen and oxygen atoms in total. The van der Waals surface area contributed by atoms with Gasteiger partial charge in [-0.15, -0.1) is 0 Å². The summed E-state index contributed by atoms with van der Waals surface area (Å²) in [5.41, 5.74) is 1.20. The summed E-state index contributed by atoms with van der Waals surface area (Å²) in [6.07, 6.45) is 6.64. The number of rotatable bonds is 9. The van der Waals surface area contributed by atoms with E-state index in [9.17, 15) is 9.50 Å². The molecule has 168 valence electrons. The van der Waals surface area contributed by atoms with E-state index in [0.717, 1.165) is 0 Å². The molecule has 8 heteroatoms. The van der Waals surface area contributed by atoms with Crippen molar-refractivity contribution in [3.8, 4) is 17.2 Å². The minimum absolute atomic E-state index is 0.0501. The molecule has 0 amide bonds. The van der Waals surface area contributed by atoms with Crippen molar-refractivity contribution in [2.75, 3.05) is 0 Å². The Morgan fingerprint density at radius 2 is 1.81 bits per heavy atom. The van der Waals surface area contributed by atoms with E-state index >= 15 is 0 Å². The van der Waals surface area contributed by atoms with E-state index in [4.69, 9.17) is 37.7 Å². The summed E-state index contributed by atoms with van der Waals surface area (Å²) in [7, 11) is -2.10. The predicted octanol–water partition coefficient (Wildman–Crippen LogP) is 7.84. The topological polar surface area (TPSA) is 69.9 Å². The molecule has 0 aliphatic heterocycles. The summed E-state index contributed by atoms with van der Waals surface area (Å²) in [5, 5.41) is 10.5. The van der Waals surface area contributed by atoms with Crippen LogP contribution in [0.1, 0.15) is 31.4 Å². The second-order valence-corrected chi connectivity index (χ2v) is 7.92. The van der Waals surface area contributed by atoms with Crippen LogP contribution in [0.4, 0.5) is 4.39 Å². The molecule has 0 atom stereocenters. The van der Waals surface area contributed by atoms with Gasteiger partial charge in [0.2, 0.25) is 0 Å². The second kappa shape index (κ2) is 14.2. The first-order chi connectivity index (χ1) is 14.8. The molecule has 0 heterocycles. The highest BCUT2D eigenvalue weighted by Crippen LogP contribution is 2.40. The standard InChI is InChI=1S/C21H20Cl2FO4P.C2H6/c1-2-5-16(24)7-4-3-6-15-12-17(8-9-20(15)25)28-21-18(22)10-14(11-19(21)23)13-29(26)27;1-2/h2,4-5,7-12,25-27H,1,3,6,13H2;1-2H3/b7-4-,16-5+;. The van der Waals surface area contributed by atoms with Crippen molar-refractivity contribution in [2.45, 2.75) is 32.9 Å². The van der Waals surface area contributed by atoms with Crippen LogP contribution < -0.4 is 4.74 Å². The van der Waals surface area contributed by atoms with Gasteiger partial charge in [-0.2, -0.15) is 0 Å². The third-order valence-corrected chi connectivity index (χ3v) is 5.00. The minimum atomic E-state index is -2.10. The average Bonchev–Trinajstić information content (AvgIpc) is 2.71. The van der Waals surface area contributed by atoms with Gasteiger partial charge in [-0.25, -0.2) is 4.39 Å². The summed E-state index contributed by atoms with van der Waals surface area (Å²) in [4.78, 5) is 18.3. The Kier molecular flexibility index (Phi) is 12.5. The van der Waals surface area contributed by atoms with Crippen LogP contribution in [0.2, 0.25) is 10.0 Å². The molecule has 2 aromatic carbocycles. The number of benzene rings is 2. The van der Waals surface area contributed by atoms with Crippen LogP contribution in [0.3, 0.4) is 0 Å². The van der Waals surface area contributed by atoms with Crippen molar-refractivity contribution in [3.63, 3.8) is 0 Å². The van der Waals surface area contributed by atoms with Crippen LogP contribution in [0.15, 0.2) is 67.0 Å². The molecule has 2 aromatic rings. The third kappa shape index (κ3) is 9.42. The number of allylic oxidation sites excluding steroid dienone is 5. The van der Waals surface area contributed by atoms with Crippen molar-refractivity contribution >= 4 is 31.6 Å². The average molecular weight is 487 g/mol.